The summed E-state index contributed by atoms with van der Waals surface area (Å²) in [5, 5.41) is 18.2. The lowest BCUT2D eigenvalue weighted by Gasteiger charge is -2.17. The van der Waals surface area contributed by atoms with Crippen molar-refractivity contribution >= 4 is 44.3 Å². The average molecular weight is 456 g/mol. The molecular formula is C23H26FN5O2S. The molecule has 0 aliphatic rings. The maximum atomic E-state index is 15.1. The summed E-state index contributed by atoms with van der Waals surface area (Å²) in [5.74, 6) is -0.167. The van der Waals surface area contributed by atoms with E-state index in [1.807, 2.05) is 20.8 Å². The molecule has 0 aliphatic carbocycles. The van der Waals surface area contributed by atoms with Crippen molar-refractivity contribution in [1.82, 2.24) is 19.7 Å². The number of aryl methyl sites for hydroxylation is 1. The van der Waals surface area contributed by atoms with E-state index in [9.17, 15) is 9.90 Å². The monoisotopic (exact) mass is 455 g/mol. The molecule has 2 N–H and O–H groups in total. The smallest absolute Gasteiger partial charge is 0.230 e. The van der Waals surface area contributed by atoms with Gasteiger partial charge in [0, 0.05) is 29.3 Å². The van der Waals surface area contributed by atoms with Gasteiger partial charge in [-0.05, 0) is 38.5 Å². The third-order valence-corrected chi connectivity index (χ3v) is 6.02. The molecule has 0 radical (unpaired) electrons. The Bertz CT molecular complexity index is 1310. The van der Waals surface area contributed by atoms with E-state index in [2.05, 4.69) is 20.4 Å². The largest absolute Gasteiger partial charge is 0.390 e. The van der Waals surface area contributed by atoms with Crippen LogP contribution in [0.1, 0.15) is 41.0 Å². The fourth-order valence-electron chi connectivity index (χ4n) is 3.25. The number of pyridine rings is 1. The number of anilines is 1. The highest BCUT2D eigenvalue weighted by atomic mass is 32.1. The summed E-state index contributed by atoms with van der Waals surface area (Å²) in [5.41, 5.74) is 2.29. The number of nitrogens with one attached hydrogen (secondary N) is 1. The molecule has 0 bridgehead atoms. The molecule has 32 heavy (non-hydrogen) atoms. The lowest BCUT2D eigenvalue weighted by molar-refractivity contribution is -0.123. The number of carbonyl (C=O) groups excluding carboxylic acids is 1. The molecule has 168 valence electrons. The van der Waals surface area contributed by atoms with Gasteiger partial charge < -0.3 is 10.4 Å². The quantitative estimate of drug-likeness (QED) is 0.442. The van der Waals surface area contributed by atoms with Crippen molar-refractivity contribution in [3.05, 3.63) is 35.7 Å². The molecule has 9 heteroatoms. The van der Waals surface area contributed by atoms with Gasteiger partial charge in [-0.3, -0.25) is 4.79 Å². The number of rotatable bonds is 5. The second-order valence-electron chi connectivity index (χ2n) is 9.56. The summed E-state index contributed by atoms with van der Waals surface area (Å²) >= 11 is 1.25. The van der Waals surface area contributed by atoms with Crippen molar-refractivity contribution in [1.29, 1.82) is 0 Å². The Morgan fingerprint density at radius 3 is 2.66 bits per heavy atom. The van der Waals surface area contributed by atoms with Gasteiger partial charge in [0.15, 0.2) is 11.5 Å². The zero-order valence-corrected chi connectivity index (χ0v) is 19.5. The predicted octanol–water partition coefficient (Wildman–Crippen LogP) is 4.99. The molecule has 0 aliphatic heterocycles. The van der Waals surface area contributed by atoms with Crippen LogP contribution in [0.15, 0.2) is 29.9 Å². The number of amides is 1. The van der Waals surface area contributed by atoms with Gasteiger partial charge in [0.05, 0.1) is 26.7 Å². The minimum absolute atomic E-state index is 0.186. The number of nitrogens with zero attached hydrogens (tertiary/aromatic N) is 4. The molecular weight excluding hydrogens is 429 g/mol. The van der Waals surface area contributed by atoms with Crippen molar-refractivity contribution in [2.45, 2.75) is 53.2 Å². The molecule has 0 unspecified atom stereocenters. The first-order valence-electron chi connectivity index (χ1n) is 10.4. The van der Waals surface area contributed by atoms with Crippen molar-refractivity contribution in [3.63, 3.8) is 0 Å². The number of hydrogen-bond donors (Lipinski definition) is 2. The van der Waals surface area contributed by atoms with E-state index in [0.717, 1.165) is 0 Å². The standard InChI is InChI=1S/C23H26FN5O2S/c1-22(2,3)21(30)27-19-15-10-13(14-6-7-16-18(17(14)24)32-12-26-16)11-25-20(15)29(28-19)9-8-23(4,5)31/h6-7,10-12,31H,8-9H2,1-5H3,(H,27,28,30). The van der Waals surface area contributed by atoms with E-state index < -0.39 is 11.0 Å². The molecule has 7 nitrogen and oxygen atoms in total. The summed E-state index contributed by atoms with van der Waals surface area (Å²) in [6.07, 6.45) is 2.06. The number of aliphatic hydroxyl groups is 1. The highest BCUT2D eigenvalue weighted by Gasteiger charge is 2.25. The average Bonchev–Trinajstić information content (AvgIpc) is 3.30. The summed E-state index contributed by atoms with van der Waals surface area (Å²) in [7, 11) is 0. The van der Waals surface area contributed by atoms with E-state index in [1.165, 1.54) is 11.3 Å². The Morgan fingerprint density at radius 2 is 1.97 bits per heavy atom. The summed E-state index contributed by atoms with van der Waals surface area (Å²) in [4.78, 5) is 21.3. The number of benzene rings is 1. The topological polar surface area (TPSA) is 92.9 Å². The second kappa shape index (κ2) is 7.90. The van der Waals surface area contributed by atoms with E-state index in [1.54, 1.807) is 48.4 Å². The Balaban J connectivity index is 1.82. The van der Waals surface area contributed by atoms with Crippen LogP contribution < -0.4 is 5.32 Å². The van der Waals surface area contributed by atoms with Gasteiger partial charge >= 0.3 is 0 Å². The molecule has 0 spiro atoms. The van der Waals surface area contributed by atoms with E-state index in [-0.39, 0.29) is 11.7 Å². The van der Waals surface area contributed by atoms with Crippen LogP contribution in [0.5, 0.6) is 0 Å². The van der Waals surface area contributed by atoms with Gasteiger partial charge in [0.25, 0.3) is 0 Å². The Morgan fingerprint density at radius 1 is 1.22 bits per heavy atom. The number of thiazole rings is 1. The molecule has 3 heterocycles. The van der Waals surface area contributed by atoms with Crippen LogP contribution in [-0.4, -0.2) is 36.4 Å². The highest BCUT2D eigenvalue weighted by Crippen LogP contribution is 2.33. The fourth-order valence-corrected chi connectivity index (χ4v) is 3.97. The Labute approximate surface area is 189 Å². The zero-order valence-electron chi connectivity index (χ0n) is 18.7. The van der Waals surface area contributed by atoms with Crippen LogP contribution in [0.2, 0.25) is 0 Å². The molecule has 0 atom stereocenters. The number of carbonyl (C=O) groups is 1. The van der Waals surface area contributed by atoms with Gasteiger partial charge in [-0.2, -0.15) is 5.10 Å². The third kappa shape index (κ3) is 4.35. The van der Waals surface area contributed by atoms with Crippen molar-refractivity contribution in [3.8, 4) is 11.1 Å². The number of halogens is 1. The first-order valence-corrected chi connectivity index (χ1v) is 11.2. The first kappa shape index (κ1) is 22.3. The Kier molecular flexibility index (Phi) is 5.50. The molecule has 3 aromatic heterocycles. The summed E-state index contributed by atoms with van der Waals surface area (Å²) in [6.45, 7) is 9.33. The third-order valence-electron chi connectivity index (χ3n) is 5.19. The maximum absolute atomic E-state index is 15.1. The summed E-state index contributed by atoms with van der Waals surface area (Å²) < 4.78 is 17.3. The minimum Gasteiger partial charge on any atom is -0.390 e. The SMILES string of the molecule is CC(C)(O)CCn1nc(NC(=O)C(C)(C)C)c2cc(-c3ccc4ncsc4c3F)cnc21. The molecule has 1 aromatic carbocycles. The van der Waals surface area contributed by atoms with Crippen molar-refractivity contribution < 1.29 is 14.3 Å². The van der Waals surface area contributed by atoms with Gasteiger partial charge in [-0.1, -0.05) is 20.8 Å². The number of hydrogen-bond acceptors (Lipinski definition) is 6. The molecule has 4 rings (SSSR count). The molecule has 0 fully saturated rings. The van der Waals surface area contributed by atoms with Gasteiger partial charge in [-0.15, -0.1) is 11.3 Å². The van der Waals surface area contributed by atoms with Gasteiger partial charge in [-0.25, -0.2) is 19.0 Å². The first-order chi connectivity index (χ1) is 14.9. The normalized spacial score (nSPS) is 12.6. The van der Waals surface area contributed by atoms with E-state index >= 15 is 4.39 Å². The Hall–Kier alpha value is -2.91. The minimum atomic E-state index is -0.875. The van der Waals surface area contributed by atoms with Gasteiger partial charge in [0.1, 0.15) is 5.82 Å². The summed E-state index contributed by atoms with van der Waals surface area (Å²) in [6, 6.07) is 5.26. The maximum Gasteiger partial charge on any atom is 0.230 e. The van der Waals surface area contributed by atoms with Crippen LogP contribution in [-0.2, 0) is 11.3 Å². The van der Waals surface area contributed by atoms with Crippen LogP contribution in [0.4, 0.5) is 10.2 Å². The predicted molar refractivity (Wildman–Crippen MR) is 125 cm³/mol. The second-order valence-corrected chi connectivity index (χ2v) is 10.4. The molecule has 0 saturated heterocycles. The fraction of sp³-hybridized carbons (Fsp3) is 0.391. The molecule has 4 aromatic rings. The lowest BCUT2D eigenvalue weighted by atomic mass is 9.96. The van der Waals surface area contributed by atoms with Crippen LogP contribution in [0.3, 0.4) is 0 Å². The molecule has 0 saturated carbocycles. The van der Waals surface area contributed by atoms with Gasteiger partial charge in [0.2, 0.25) is 5.91 Å². The number of aromatic nitrogens is 4. The van der Waals surface area contributed by atoms with Crippen LogP contribution >= 0.6 is 11.3 Å². The number of fused-ring (bicyclic) bond motifs is 2. The zero-order chi connectivity index (χ0) is 23.3. The highest BCUT2D eigenvalue weighted by molar-refractivity contribution is 7.16. The van der Waals surface area contributed by atoms with Crippen LogP contribution in [0.25, 0.3) is 32.4 Å². The molecule has 1 amide bonds. The van der Waals surface area contributed by atoms with Crippen molar-refractivity contribution in [2.75, 3.05) is 5.32 Å². The van der Waals surface area contributed by atoms with Crippen molar-refractivity contribution in [2.24, 2.45) is 5.41 Å². The van der Waals surface area contributed by atoms with Crippen LogP contribution in [0, 0.1) is 11.2 Å². The van der Waals surface area contributed by atoms with E-state index in [0.29, 0.717) is 51.2 Å². The lowest BCUT2D eigenvalue weighted by Crippen LogP contribution is -2.28. The van der Waals surface area contributed by atoms with E-state index in [4.69, 9.17) is 0 Å².